The minimum Gasteiger partial charge on any atom is -0.507 e. The first-order valence-electron chi connectivity index (χ1n) is 16.0. The molecule has 7 rings (SSSR count). The molecular weight excluding hydrogens is 586 g/mol. The summed E-state index contributed by atoms with van der Waals surface area (Å²) in [6.07, 6.45) is 7.34. The number of carbonyl (C=O) groups is 1. The van der Waals surface area contributed by atoms with Gasteiger partial charge in [-0.15, -0.1) is 0 Å². The highest BCUT2D eigenvalue weighted by molar-refractivity contribution is 7.89. The summed E-state index contributed by atoms with van der Waals surface area (Å²) in [4.78, 5) is 22.7. The minimum absolute atomic E-state index is 0.0333. The number of rotatable bonds is 7. The smallest absolute Gasteiger partial charge is 0.257 e. The number of primary sulfonamides is 1. The number of aromatic hydroxyl groups is 1. The predicted octanol–water partition coefficient (Wildman–Crippen LogP) is 5.13. The van der Waals surface area contributed by atoms with Crippen LogP contribution >= 0.6 is 0 Å². The first kappa shape index (κ1) is 30.0. The highest BCUT2D eigenvalue weighted by atomic mass is 32.2. The molecule has 2 bridgehead atoms. The largest absolute Gasteiger partial charge is 0.507 e. The van der Waals surface area contributed by atoms with Crippen LogP contribution in [0.4, 0.5) is 0 Å². The van der Waals surface area contributed by atoms with Crippen molar-refractivity contribution in [3.8, 4) is 5.75 Å². The maximum absolute atomic E-state index is 13.5. The number of phenolic OH excluding ortho intramolecular Hbond substituents is 1. The van der Waals surface area contributed by atoms with Gasteiger partial charge in [-0.05, 0) is 99.7 Å². The molecular formula is C35H41N5O4S. The number of hydrogen-bond acceptors (Lipinski definition) is 6. The van der Waals surface area contributed by atoms with Gasteiger partial charge in [-0.3, -0.25) is 9.69 Å². The predicted molar refractivity (Wildman–Crippen MR) is 174 cm³/mol. The van der Waals surface area contributed by atoms with Gasteiger partial charge in [0.05, 0.1) is 21.5 Å². The summed E-state index contributed by atoms with van der Waals surface area (Å²) in [5, 5.41) is 15.7. The van der Waals surface area contributed by atoms with E-state index in [1.807, 2.05) is 6.07 Å². The Labute approximate surface area is 264 Å². The van der Waals surface area contributed by atoms with Gasteiger partial charge >= 0.3 is 0 Å². The third-order valence-corrected chi connectivity index (χ3v) is 11.7. The average molecular weight is 628 g/mol. The van der Waals surface area contributed by atoms with Crippen molar-refractivity contribution in [1.82, 2.24) is 19.4 Å². The van der Waals surface area contributed by atoms with Crippen molar-refractivity contribution in [2.45, 2.75) is 80.3 Å². The van der Waals surface area contributed by atoms with E-state index in [1.165, 1.54) is 42.1 Å². The molecule has 0 aliphatic carbocycles. The van der Waals surface area contributed by atoms with Crippen LogP contribution in [0, 0.1) is 6.92 Å². The number of sulfonamides is 1. The number of carbonyl (C=O) groups excluding carboxylic acids is 1. The molecule has 3 aliphatic heterocycles. The number of amides is 1. The van der Waals surface area contributed by atoms with Crippen molar-refractivity contribution >= 4 is 27.0 Å². The van der Waals surface area contributed by atoms with Crippen LogP contribution in [0.5, 0.6) is 5.75 Å². The number of hydrogen-bond donors (Lipinski definition) is 2. The van der Waals surface area contributed by atoms with Crippen LogP contribution in [-0.2, 0) is 15.4 Å². The Kier molecular flexibility index (Phi) is 7.70. The summed E-state index contributed by atoms with van der Waals surface area (Å²) in [6.45, 7) is 4.20. The summed E-state index contributed by atoms with van der Waals surface area (Å²) < 4.78 is 26.3. The van der Waals surface area contributed by atoms with E-state index in [9.17, 15) is 18.3 Å². The number of nitrogens with zero attached hydrogens (tertiary/aromatic N) is 4. The molecule has 2 unspecified atom stereocenters. The first-order valence-corrected chi connectivity index (χ1v) is 17.6. The van der Waals surface area contributed by atoms with Crippen molar-refractivity contribution in [2.24, 2.45) is 5.14 Å². The van der Waals surface area contributed by atoms with Gasteiger partial charge in [0, 0.05) is 31.2 Å². The Bertz CT molecular complexity index is 1820. The zero-order valence-electron chi connectivity index (χ0n) is 25.7. The lowest BCUT2D eigenvalue weighted by Crippen LogP contribution is -2.49. The highest BCUT2D eigenvalue weighted by Gasteiger charge is 2.44. The molecule has 3 saturated heterocycles. The van der Waals surface area contributed by atoms with E-state index < -0.39 is 10.0 Å². The summed E-state index contributed by atoms with van der Waals surface area (Å²) in [6, 6.07) is 24.3. The number of aryl methyl sites for hydroxylation is 1. The number of aromatic nitrogens is 2. The minimum atomic E-state index is -4.00. The molecule has 236 valence electrons. The van der Waals surface area contributed by atoms with E-state index in [4.69, 9.17) is 10.1 Å². The molecule has 45 heavy (non-hydrogen) atoms. The molecule has 0 spiro atoms. The summed E-state index contributed by atoms with van der Waals surface area (Å²) in [5.41, 5.74) is 3.51. The summed E-state index contributed by atoms with van der Waals surface area (Å²) in [7, 11) is -4.00. The molecule has 3 aromatic carbocycles. The van der Waals surface area contributed by atoms with Gasteiger partial charge in [0.1, 0.15) is 11.6 Å². The van der Waals surface area contributed by atoms with Crippen LogP contribution in [0.25, 0.3) is 11.0 Å². The van der Waals surface area contributed by atoms with Crippen LogP contribution in [0.2, 0.25) is 0 Å². The quantitative estimate of drug-likeness (QED) is 0.293. The Morgan fingerprint density at radius 3 is 2.31 bits per heavy atom. The van der Waals surface area contributed by atoms with Gasteiger partial charge < -0.3 is 14.6 Å². The topological polar surface area (TPSA) is 122 Å². The molecule has 10 heteroatoms. The molecule has 4 heterocycles. The van der Waals surface area contributed by atoms with Gasteiger partial charge in [-0.2, -0.15) is 0 Å². The van der Waals surface area contributed by atoms with Crippen LogP contribution in [0.15, 0.2) is 77.7 Å². The number of nitrogens with two attached hydrogens (primary N) is 1. The van der Waals surface area contributed by atoms with Crippen molar-refractivity contribution < 1.29 is 18.3 Å². The Morgan fingerprint density at radius 1 is 0.956 bits per heavy atom. The van der Waals surface area contributed by atoms with Crippen LogP contribution in [-0.4, -0.2) is 70.5 Å². The normalized spacial score (nSPS) is 23.4. The Balaban J connectivity index is 1.07. The molecule has 3 aliphatic rings. The lowest BCUT2D eigenvalue weighted by atomic mass is 9.70. The van der Waals surface area contributed by atoms with Crippen molar-refractivity contribution in [2.75, 3.05) is 19.6 Å². The molecule has 3 fully saturated rings. The fraction of sp³-hybridized carbons (Fsp3) is 0.429. The van der Waals surface area contributed by atoms with Crippen LogP contribution < -0.4 is 5.14 Å². The van der Waals surface area contributed by atoms with E-state index in [0.717, 1.165) is 50.0 Å². The zero-order chi connectivity index (χ0) is 31.3. The van der Waals surface area contributed by atoms with Gasteiger partial charge in [-0.1, -0.05) is 42.5 Å². The fourth-order valence-corrected chi connectivity index (χ4v) is 8.98. The molecule has 1 amide bonds. The van der Waals surface area contributed by atoms with Gasteiger partial charge in [0.15, 0.2) is 0 Å². The van der Waals surface area contributed by atoms with Gasteiger partial charge in [-0.25, -0.2) is 18.5 Å². The molecule has 4 aromatic rings. The molecule has 1 aromatic heterocycles. The van der Waals surface area contributed by atoms with E-state index in [0.29, 0.717) is 31.2 Å². The van der Waals surface area contributed by atoms with E-state index in [2.05, 4.69) is 64.9 Å². The monoisotopic (exact) mass is 627 g/mol. The number of likely N-dealkylation sites (tertiary alicyclic amines) is 1. The van der Waals surface area contributed by atoms with E-state index in [1.54, 1.807) is 4.90 Å². The van der Waals surface area contributed by atoms with Crippen molar-refractivity contribution in [3.05, 3.63) is 89.7 Å². The zero-order valence-corrected chi connectivity index (χ0v) is 26.5. The van der Waals surface area contributed by atoms with Gasteiger partial charge in [0.25, 0.3) is 5.91 Å². The number of phenols is 1. The number of piperidine rings is 2. The molecule has 0 radical (unpaired) electrons. The standard InChI is InChI=1S/C35H41N5O4S/c1-24-37-31-9-5-6-10-32(31)40(24)28-21-26-11-12-27(22-28)39(26)20-17-35(25-7-3-2-4-8-25)15-18-38(19-16-35)34(42)30-23-29(45(36,43)44)13-14-33(30)41/h2-10,13-14,23,26-28,41H,11-12,15-22H2,1H3,(H2,36,43,44). The third kappa shape index (κ3) is 5.53. The number of fused-ring (bicyclic) bond motifs is 3. The Morgan fingerprint density at radius 2 is 1.62 bits per heavy atom. The lowest BCUT2D eigenvalue weighted by Gasteiger charge is -2.45. The Hall–Kier alpha value is -3.73. The maximum Gasteiger partial charge on any atom is 0.257 e. The lowest BCUT2D eigenvalue weighted by molar-refractivity contribution is 0.0604. The van der Waals surface area contributed by atoms with E-state index >= 15 is 0 Å². The number of benzene rings is 3. The van der Waals surface area contributed by atoms with Crippen LogP contribution in [0.1, 0.15) is 72.7 Å². The van der Waals surface area contributed by atoms with E-state index in [-0.39, 0.29) is 27.5 Å². The fourth-order valence-electron chi connectivity index (χ4n) is 8.44. The third-order valence-electron chi connectivity index (χ3n) is 10.8. The molecule has 9 nitrogen and oxygen atoms in total. The SMILES string of the molecule is Cc1nc2ccccc2n1C1CC2CCC(C1)N2CCC1(c2ccccc2)CCN(C(=O)c2cc(S(N)(=O)=O)ccc2O)CC1. The second-order valence-electron chi connectivity index (χ2n) is 13.2. The number of para-hydroxylation sites is 2. The summed E-state index contributed by atoms with van der Waals surface area (Å²) >= 11 is 0. The van der Waals surface area contributed by atoms with Gasteiger partial charge in [0.2, 0.25) is 10.0 Å². The van der Waals surface area contributed by atoms with Crippen molar-refractivity contribution in [1.29, 1.82) is 0 Å². The maximum atomic E-state index is 13.5. The average Bonchev–Trinajstić information content (AvgIpc) is 3.50. The van der Waals surface area contributed by atoms with Crippen LogP contribution in [0.3, 0.4) is 0 Å². The molecule has 3 N–H and O–H groups in total. The highest BCUT2D eigenvalue weighted by Crippen LogP contribution is 2.45. The second kappa shape index (κ2) is 11.6. The number of imidazole rings is 1. The summed E-state index contributed by atoms with van der Waals surface area (Å²) in [5.74, 6) is 0.482. The second-order valence-corrected chi connectivity index (χ2v) is 14.7. The molecule has 0 saturated carbocycles. The molecule has 2 atom stereocenters. The van der Waals surface area contributed by atoms with Crippen molar-refractivity contribution in [3.63, 3.8) is 0 Å². The first-order chi connectivity index (χ1) is 21.6.